The van der Waals surface area contributed by atoms with Crippen LogP contribution in [0.1, 0.15) is 13.3 Å². The van der Waals surface area contributed by atoms with Crippen LogP contribution in [-0.2, 0) is 0 Å². The fraction of sp³-hybridized carbons (Fsp3) is 0.167. The van der Waals surface area contributed by atoms with E-state index in [2.05, 4.69) is 25.8 Å². The van der Waals surface area contributed by atoms with Crippen LogP contribution in [0, 0.1) is 0 Å². The summed E-state index contributed by atoms with van der Waals surface area (Å²) in [7, 11) is 0. The third-order valence-corrected chi connectivity index (χ3v) is 1.58. The van der Waals surface area contributed by atoms with Gasteiger partial charge >= 0.3 is 0 Å². The smallest absolute Gasteiger partial charge is 0.0169 e. The lowest BCUT2D eigenvalue weighted by Crippen LogP contribution is -1.76. The molecule has 0 heterocycles. The van der Waals surface area contributed by atoms with Gasteiger partial charge in [-0.3, -0.25) is 0 Å². The summed E-state index contributed by atoms with van der Waals surface area (Å²) in [6.07, 6.45) is 10.5. The first-order chi connectivity index (χ1) is 5.76. The van der Waals surface area contributed by atoms with Crippen LogP contribution < -0.4 is 0 Å². The number of hydrogen-bond acceptors (Lipinski definition) is 0. The Bertz CT molecular complexity index is 226. The zero-order chi connectivity index (χ0) is 9.40. The highest BCUT2D eigenvalue weighted by Crippen LogP contribution is 2.07. The van der Waals surface area contributed by atoms with Crippen LogP contribution in [-0.4, -0.2) is 0 Å². The quantitative estimate of drug-likeness (QED) is 0.424. The molecule has 64 valence electrons. The summed E-state index contributed by atoms with van der Waals surface area (Å²) in [5, 5.41) is 0. The van der Waals surface area contributed by atoms with E-state index < -0.39 is 0 Å². The van der Waals surface area contributed by atoms with Gasteiger partial charge in [0.05, 0.1) is 0 Å². The van der Waals surface area contributed by atoms with E-state index in [9.17, 15) is 0 Å². The monoisotopic (exact) mass is 160 g/mol. The minimum atomic E-state index is 0.891. The molecule has 0 aromatic rings. The standard InChI is InChI=1S/C12H16/c1-5-8-9-10-12(7-3)11(4)6-2/h5-7,9-10H,1-3,8H2,4H3/b10-9-,12-11+. The molecule has 0 aliphatic heterocycles. The Hall–Kier alpha value is -1.30. The minimum Gasteiger partial charge on any atom is -0.103 e. The van der Waals surface area contributed by atoms with Crippen molar-refractivity contribution in [1.82, 2.24) is 0 Å². The second-order valence-electron chi connectivity index (χ2n) is 2.47. The molecule has 0 spiro atoms. The van der Waals surface area contributed by atoms with Crippen molar-refractivity contribution >= 4 is 0 Å². The van der Waals surface area contributed by atoms with Crippen molar-refractivity contribution in [2.24, 2.45) is 0 Å². The van der Waals surface area contributed by atoms with Crippen LogP contribution in [0.15, 0.2) is 61.3 Å². The molecule has 0 aromatic carbocycles. The van der Waals surface area contributed by atoms with E-state index in [1.165, 1.54) is 0 Å². The second kappa shape index (κ2) is 6.41. The molecule has 0 fully saturated rings. The molecule has 0 radical (unpaired) electrons. The first-order valence-corrected chi connectivity index (χ1v) is 3.99. The van der Waals surface area contributed by atoms with Crippen molar-refractivity contribution in [3.63, 3.8) is 0 Å². The Kier molecular flexibility index (Phi) is 5.72. The lowest BCUT2D eigenvalue weighted by Gasteiger charge is -1.96. The van der Waals surface area contributed by atoms with Crippen LogP contribution in [0.3, 0.4) is 0 Å². The van der Waals surface area contributed by atoms with E-state index >= 15 is 0 Å². The van der Waals surface area contributed by atoms with Gasteiger partial charge in [-0.1, -0.05) is 43.5 Å². The van der Waals surface area contributed by atoms with Gasteiger partial charge in [-0.25, -0.2) is 0 Å². The van der Waals surface area contributed by atoms with E-state index in [0.29, 0.717) is 0 Å². The Morgan fingerprint density at radius 3 is 2.25 bits per heavy atom. The topological polar surface area (TPSA) is 0 Å². The Morgan fingerprint density at radius 1 is 1.17 bits per heavy atom. The number of hydrogen-bond donors (Lipinski definition) is 0. The average Bonchev–Trinajstić information content (AvgIpc) is 2.11. The first-order valence-electron chi connectivity index (χ1n) is 3.99. The van der Waals surface area contributed by atoms with Crippen molar-refractivity contribution in [1.29, 1.82) is 0 Å². The largest absolute Gasteiger partial charge is 0.103 e. The zero-order valence-electron chi connectivity index (χ0n) is 7.72. The maximum Gasteiger partial charge on any atom is -0.0169 e. The van der Waals surface area contributed by atoms with Crippen molar-refractivity contribution < 1.29 is 0 Å². The van der Waals surface area contributed by atoms with Gasteiger partial charge in [0.2, 0.25) is 0 Å². The van der Waals surface area contributed by atoms with Crippen molar-refractivity contribution in [2.75, 3.05) is 0 Å². The summed E-state index contributed by atoms with van der Waals surface area (Å²) in [6.45, 7) is 13.1. The van der Waals surface area contributed by atoms with E-state index in [0.717, 1.165) is 17.6 Å². The first kappa shape index (κ1) is 10.7. The van der Waals surface area contributed by atoms with Crippen molar-refractivity contribution in [3.8, 4) is 0 Å². The molecule has 0 aromatic heterocycles. The molecule has 0 unspecified atom stereocenters. The van der Waals surface area contributed by atoms with E-state index in [1.807, 2.05) is 31.2 Å². The summed E-state index contributed by atoms with van der Waals surface area (Å²) < 4.78 is 0. The number of allylic oxidation sites excluding steroid dienone is 7. The van der Waals surface area contributed by atoms with Crippen LogP contribution in [0.5, 0.6) is 0 Å². The summed E-state index contributed by atoms with van der Waals surface area (Å²) >= 11 is 0. The van der Waals surface area contributed by atoms with Crippen LogP contribution in [0.2, 0.25) is 0 Å². The normalized spacial score (nSPS) is 12.4. The van der Waals surface area contributed by atoms with Gasteiger partial charge in [0.25, 0.3) is 0 Å². The van der Waals surface area contributed by atoms with E-state index in [1.54, 1.807) is 0 Å². The Morgan fingerprint density at radius 2 is 1.83 bits per heavy atom. The highest BCUT2D eigenvalue weighted by molar-refractivity contribution is 5.38. The summed E-state index contributed by atoms with van der Waals surface area (Å²) in [5.74, 6) is 0. The maximum absolute atomic E-state index is 3.73. The predicted octanol–water partition coefficient (Wildman–Crippen LogP) is 3.81. The molecule has 0 heteroatoms. The van der Waals surface area contributed by atoms with E-state index in [4.69, 9.17) is 0 Å². The number of rotatable bonds is 5. The van der Waals surface area contributed by atoms with E-state index in [-0.39, 0.29) is 0 Å². The summed E-state index contributed by atoms with van der Waals surface area (Å²) in [6, 6.07) is 0. The van der Waals surface area contributed by atoms with Crippen LogP contribution >= 0.6 is 0 Å². The molecule has 0 saturated heterocycles. The van der Waals surface area contributed by atoms with Gasteiger partial charge in [0, 0.05) is 0 Å². The van der Waals surface area contributed by atoms with Gasteiger partial charge in [-0.05, 0) is 24.5 Å². The summed E-state index contributed by atoms with van der Waals surface area (Å²) in [4.78, 5) is 0. The molecule has 0 saturated carbocycles. The molecule has 0 nitrogen and oxygen atoms in total. The highest BCUT2D eigenvalue weighted by Gasteiger charge is 1.87. The lowest BCUT2D eigenvalue weighted by atomic mass is 10.1. The molecule has 0 N–H and O–H groups in total. The second-order valence-corrected chi connectivity index (χ2v) is 2.47. The van der Waals surface area contributed by atoms with Crippen LogP contribution in [0.4, 0.5) is 0 Å². The Balaban J connectivity index is 4.46. The fourth-order valence-electron chi connectivity index (χ4n) is 0.770. The maximum atomic E-state index is 3.73. The fourth-order valence-corrected chi connectivity index (χ4v) is 0.770. The molecule has 0 amide bonds. The van der Waals surface area contributed by atoms with Gasteiger partial charge in [-0.15, -0.1) is 6.58 Å². The molecule has 0 aliphatic rings. The van der Waals surface area contributed by atoms with Crippen LogP contribution in [0.25, 0.3) is 0 Å². The SMILES string of the molecule is C=CC/C=C\C(C=C)=C(/C)C=C. The van der Waals surface area contributed by atoms with Gasteiger partial charge in [0.1, 0.15) is 0 Å². The zero-order valence-corrected chi connectivity index (χ0v) is 7.72. The summed E-state index contributed by atoms with van der Waals surface area (Å²) in [5.41, 5.74) is 2.26. The molecule has 0 bridgehead atoms. The molecule has 0 atom stereocenters. The molecule has 0 rings (SSSR count). The predicted molar refractivity (Wildman–Crippen MR) is 57.0 cm³/mol. The average molecular weight is 160 g/mol. The molecular formula is C12H16. The lowest BCUT2D eigenvalue weighted by molar-refractivity contribution is 1.38. The van der Waals surface area contributed by atoms with Gasteiger partial charge < -0.3 is 0 Å². The molecular weight excluding hydrogens is 144 g/mol. The van der Waals surface area contributed by atoms with Crippen molar-refractivity contribution in [3.05, 3.63) is 61.3 Å². The third-order valence-electron chi connectivity index (χ3n) is 1.58. The Labute approximate surface area is 75.3 Å². The highest BCUT2D eigenvalue weighted by atomic mass is 13.9. The molecule has 0 aliphatic carbocycles. The van der Waals surface area contributed by atoms with Crippen molar-refractivity contribution in [2.45, 2.75) is 13.3 Å². The van der Waals surface area contributed by atoms with Gasteiger partial charge in [0.15, 0.2) is 0 Å². The molecule has 12 heavy (non-hydrogen) atoms. The van der Waals surface area contributed by atoms with Gasteiger partial charge in [-0.2, -0.15) is 0 Å². The minimum absolute atomic E-state index is 0.891. The third kappa shape index (κ3) is 3.77.